The van der Waals surface area contributed by atoms with Crippen LogP contribution in [0.2, 0.25) is 0 Å². The first-order chi connectivity index (χ1) is 16.4. The van der Waals surface area contributed by atoms with Crippen molar-refractivity contribution in [2.75, 3.05) is 11.9 Å². The molecular weight excluding hydrogens is 432 g/mol. The van der Waals surface area contributed by atoms with Gasteiger partial charge in [-0.3, -0.25) is 9.59 Å². The molecule has 0 aliphatic heterocycles. The van der Waals surface area contributed by atoms with E-state index < -0.39 is 6.16 Å². The van der Waals surface area contributed by atoms with Gasteiger partial charge in [0.25, 0.3) is 5.91 Å². The van der Waals surface area contributed by atoms with E-state index in [2.05, 4.69) is 10.6 Å². The van der Waals surface area contributed by atoms with E-state index in [1.54, 1.807) is 19.1 Å². The van der Waals surface area contributed by atoms with Crippen LogP contribution >= 0.6 is 0 Å². The monoisotopic (exact) mass is 460 g/mol. The van der Waals surface area contributed by atoms with E-state index >= 15 is 0 Å². The van der Waals surface area contributed by atoms with Crippen molar-refractivity contribution in [2.24, 2.45) is 0 Å². The van der Waals surface area contributed by atoms with Crippen molar-refractivity contribution in [1.82, 2.24) is 5.32 Å². The highest BCUT2D eigenvalue weighted by Gasteiger charge is 2.09. The number of carbonyl (C=O) groups excluding carboxylic acids is 3. The summed E-state index contributed by atoms with van der Waals surface area (Å²) in [7, 11) is 0. The largest absolute Gasteiger partial charge is 0.513 e. The zero-order valence-electron chi connectivity index (χ0n) is 19.3. The molecule has 0 radical (unpaired) electrons. The second-order valence-electron chi connectivity index (χ2n) is 7.67. The number of rotatable bonds is 9. The number of ether oxygens (including phenoxy) is 2. The van der Waals surface area contributed by atoms with E-state index in [9.17, 15) is 14.4 Å². The van der Waals surface area contributed by atoms with Crippen LogP contribution in [-0.4, -0.2) is 24.6 Å². The first-order valence-corrected chi connectivity index (χ1v) is 11.1. The summed E-state index contributed by atoms with van der Waals surface area (Å²) in [6, 6.07) is 21.6. The van der Waals surface area contributed by atoms with Gasteiger partial charge in [0.1, 0.15) is 5.75 Å². The average Bonchev–Trinajstić information content (AvgIpc) is 2.83. The summed E-state index contributed by atoms with van der Waals surface area (Å²) in [5.41, 5.74) is 4.30. The third-order valence-electron chi connectivity index (χ3n) is 5.13. The first-order valence-electron chi connectivity index (χ1n) is 11.1. The van der Waals surface area contributed by atoms with Crippen LogP contribution in [0.25, 0.3) is 0 Å². The Labute approximate surface area is 199 Å². The summed E-state index contributed by atoms with van der Waals surface area (Å²) in [6.45, 7) is 4.24. The average molecular weight is 461 g/mol. The van der Waals surface area contributed by atoms with Crippen LogP contribution in [-0.2, 0) is 22.5 Å². The van der Waals surface area contributed by atoms with Crippen LogP contribution in [0.3, 0.4) is 0 Å². The van der Waals surface area contributed by atoms with Crippen LogP contribution in [0, 0.1) is 6.92 Å². The molecule has 7 nitrogen and oxygen atoms in total. The second-order valence-corrected chi connectivity index (χ2v) is 7.67. The fourth-order valence-electron chi connectivity index (χ4n) is 3.32. The lowest BCUT2D eigenvalue weighted by Crippen LogP contribution is -2.23. The number of nitrogens with one attached hydrogen (secondary N) is 2. The number of hydrogen-bond acceptors (Lipinski definition) is 5. The Bertz CT molecular complexity index is 1140. The molecule has 0 saturated heterocycles. The zero-order chi connectivity index (χ0) is 24.3. The maximum absolute atomic E-state index is 12.5. The molecule has 0 aliphatic carbocycles. The number of aryl methyl sites for hydroxylation is 2. The number of anilines is 1. The predicted molar refractivity (Wildman–Crippen MR) is 130 cm³/mol. The van der Waals surface area contributed by atoms with Crippen LogP contribution in [0.5, 0.6) is 5.75 Å². The molecule has 0 aliphatic rings. The van der Waals surface area contributed by atoms with E-state index in [1.807, 2.05) is 55.5 Å². The molecule has 2 N–H and O–H groups in total. The molecular formula is C27H28N2O5. The van der Waals surface area contributed by atoms with E-state index in [0.29, 0.717) is 36.4 Å². The highest BCUT2D eigenvalue weighted by atomic mass is 16.7. The highest BCUT2D eigenvalue weighted by Crippen LogP contribution is 2.15. The predicted octanol–water partition coefficient (Wildman–Crippen LogP) is 5.03. The Kier molecular flexibility index (Phi) is 8.80. The quantitative estimate of drug-likeness (QED) is 0.345. The normalized spacial score (nSPS) is 10.3. The lowest BCUT2D eigenvalue weighted by atomic mass is 10.0. The van der Waals surface area contributed by atoms with Crippen LogP contribution < -0.4 is 15.4 Å². The number of hydrogen-bond donors (Lipinski definition) is 2. The minimum Gasteiger partial charge on any atom is -0.434 e. The van der Waals surface area contributed by atoms with Crippen molar-refractivity contribution in [3.05, 3.63) is 95.1 Å². The minimum absolute atomic E-state index is 0.0606. The van der Waals surface area contributed by atoms with Gasteiger partial charge in [0.05, 0.1) is 6.61 Å². The van der Waals surface area contributed by atoms with Gasteiger partial charge in [0, 0.05) is 24.2 Å². The Balaban J connectivity index is 1.49. The van der Waals surface area contributed by atoms with Crippen LogP contribution in [0.15, 0.2) is 72.8 Å². The van der Waals surface area contributed by atoms with Gasteiger partial charge in [-0.1, -0.05) is 36.4 Å². The molecule has 0 heterocycles. The summed E-state index contributed by atoms with van der Waals surface area (Å²) >= 11 is 0. The lowest BCUT2D eigenvalue weighted by molar-refractivity contribution is -0.116. The molecule has 3 aromatic carbocycles. The van der Waals surface area contributed by atoms with Crippen molar-refractivity contribution in [2.45, 2.75) is 33.2 Å². The van der Waals surface area contributed by atoms with Gasteiger partial charge >= 0.3 is 6.16 Å². The summed E-state index contributed by atoms with van der Waals surface area (Å²) in [6.07, 6.45) is 0.279. The molecule has 0 spiro atoms. The van der Waals surface area contributed by atoms with E-state index in [1.165, 1.54) is 17.7 Å². The molecule has 176 valence electrons. The van der Waals surface area contributed by atoms with Crippen molar-refractivity contribution in [3.63, 3.8) is 0 Å². The first kappa shape index (κ1) is 24.5. The fourth-order valence-corrected chi connectivity index (χ4v) is 3.32. The Morgan fingerprint density at radius 1 is 0.912 bits per heavy atom. The van der Waals surface area contributed by atoms with Gasteiger partial charge in [0.2, 0.25) is 5.91 Å². The fraction of sp³-hybridized carbons (Fsp3) is 0.222. The molecule has 0 aromatic heterocycles. The van der Waals surface area contributed by atoms with E-state index in [-0.39, 0.29) is 18.4 Å². The lowest BCUT2D eigenvalue weighted by Gasteiger charge is -2.10. The molecule has 0 saturated carbocycles. The molecule has 0 fully saturated rings. The molecule has 0 unspecified atom stereocenters. The zero-order valence-corrected chi connectivity index (χ0v) is 19.3. The molecule has 3 rings (SSSR count). The maximum Gasteiger partial charge on any atom is 0.513 e. The molecule has 2 amide bonds. The summed E-state index contributed by atoms with van der Waals surface area (Å²) < 4.78 is 9.70. The third-order valence-corrected chi connectivity index (χ3v) is 5.13. The van der Waals surface area contributed by atoms with Crippen molar-refractivity contribution >= 4 is 23.7 Å². The number of carbonyl (C=O) groups is 3. The summed E-state index contributed by atoms with van der Waals surface area (Å²) in [5, 5.41) is 5.76. The molecule has 0 atom stereocenters. The van der Waals surface area contributed by atoms with E-state index in [4.69, 9.17) is 9.47 Å². The van der Waals surface area contributed by atoms with Gasteiger partial charge in [-0.05, 0) is 73.4 Å². The Hall–Kier alpha value is -4.13. The number of benzene rings is 3. The topological polar surface area (TPSA) is 93.7 Å². The standard InChI is InChI=1S/C27H28N2O5/c1-3-33-27(32)34-24-14-11-22(12-15-24)26(31)28-18-20-8-6-10-23(17-20)29-25(30)16-13-21-9-5-4-7-19(21)2/h4-12,14-15,17H,3,13,16,18H2,1-2H3,(H,28,31)(H,29,30). The van der Waals surface area contributed by atoms with Gasteiger partial charge in [-0.2, -0.15) is 0 Å². The molecule has 3 aromatic rings. The van der Waals surface area contributed by atoms with Gasteiger partial charge in [-0.25, -0.2) is 4.79 Å². The minimum atomic E-state index is -0.790. The van der Waals surface area contributed by atoms with Crippen molar-refractivity contribution in [3.8, 4) is 5.75 Å². The van der Waals surface area contributed by atoms with Crippen molar-refractivity contribution < 1.29 is 23.9 Å². The van der Waals surface area contributed by atoms with E-state index in [0.717, 1.165) is 11.1 Å². The van der Waals surface area contributed by atoms with Gasteiger partial charge < -0.3 is 20.1 Å². The maximum atomic E-state index is 12.5. The summed E-state index contributed by atoms with van der Waals surface area (Å²) in [4.78, 5) is 36.2. The smallest absolute Gasteiger partial charge is 0.434 e. The SMILES string of the molecule is CCOC(=O)Oc1ccc(C(=O)NCc2cccc(NC(=O)CCc3ccccc3C)c2)cc1. The number of amides is 2. The third kappa shape index (κ3) is 7.48. The second kappa shape index (κ2) is 12.2. The van der Waals surface area contributed by atoms with Crippen LogP contribution in [0.4, 0.5) is 10.5 Å². The molecule has 34 heavy (non-hydrogen) atoms. The summed E-state index contributed by atoms with van der Waals surface area (Å²) in [5.74, 6) is -0.0363. The highest BCUT2D eigenvalue weighted by molar-refractivity contribution is 5.94. The van der Waals surface area contributed by atoms with Gasteiger partial charge in [0.15, 0.2) is 0 Å². The Morgan fingerprint density at radius 2 is 1.68 bits per heavy atom. The Morgan fingerprint density at radius 3 is 2.41 bits per heavy atom. The van der Waals surface area contributed by atoms with Crippen LogP contribution in [0.1, 0.15) is 40.4 Å². The molecule has 7 heteroatoms. The van der Waals surface area contributed by atoms with Gasteiger partial charge in [-0.15, -0.1) is 0 Å². The van der Waals surface area contributed by atoms with Crippen molar-refractivity contribution in [1.29, 1.82) is 0 Å². The molecule has 0 bridgehead atoms.